The molecule has 0 unspecified atom stereocenters. The second-order valence-corrected chi connectivity index (χ2v) is 13.2. The van der Waals surface area contributed by atoms with Crippen molar-refractivity contribution in [1.82, 2.24) is 10.3 Å². The normalized spacial score (nSPS) is 14.2. The maximum atomic E-state index is 13.5. The number of anilines is 1. The molecule has 36 heavy (non-hydrogen) atoms. The van der Waals surface area contributed by atoms with Gasteiger partial charge in [-0.25, -0.2) is 21.2 Å². The van der Waals surface area contributed by atoms with E-state index < -0.39 is 31.6 Å². The maximum Gasteiger partial charge on any atom is 0.255 e. The van der Waals surface area contributed by atoms with Gasteiger partial charge >= 0.3 is 0 Å². The van der Waals surface area contributed by atoms with Crippen LogP contribution in [0.2, 0.25) is 0 Å². The number of sulfonamides is 1. The summed E-state index contributed by atoms with van der Waals surface area (Å²) in [5.41, 5.74) is 1.49. The van der Waals surface area contributed by atoms with Crippen molar-refractivity contribution < 1.29 is 30.4 Å². The first-order valence-electron chi connectivity index (χ1n) is 11.6. The SMILES string of the molecule is CNC(=O)c1c(-c2ccc(F)cc2)oc2nc(NS(=O)(=O)CCCCCS(C)(=O)=O)c(C3CC3)cc12. The van der Waals surface area contributed by atoms with Crippen LogP contribution < -0.4 is 10.0 Å². The van der Waals surface area contributed by atoms with Crippen LogP contribution in [0.15, 0.2) is 34.7 Å². The molecule has 1 aliphatic carbocycles. The molecule has 12 heteroatoms. The number of halogens is 1. The van der Waals surface area contributed by atoms with E-state index in [0.717, 1.165) is 19.1 Å². The van der Waals surface area contributed by atoms with Crippen LogP contribution in [-0.4, -0.2) is 52.5 Å². The van der Waals surface area contributed by atoms with Crippen molar-refractivity contribution in [2.24, 2.45) is 0 Å². The van der Waals surface area contributed by atoms with Gasteiger partial charge in [0.1, 0.15) is 27.2 Å². The minimum absolute atomic E-state index is 0.0209. The summed E-state index contributed by atoms with van der Waals surface area (Å²) in [7, 11) is -5.35. The number of hydrogen-bond donors (Lipinski definition) is 2. The molecule has 3 aromatic rings. The highest BCUT2D eigenvalue weighted by atomic mass is 32.2. The van der Waals surface area contributed by atoms with Crippen LogP contribution in [0, 0.1) is 5.82 Å². The highest BCUT2D eigenvalue weighted by Crippen LogP contribution is 2.45. The van der Waals surface area contributed by atoms with E-state index in [2.05, 4.69) is 15.0 Å². The summed E-state index contributed by atoms with van der Waals surface area (Å²) in [4.78, 5) is 17.2. The molecule has 0 atom stereocenters. The largest absolute Gasteiger partial charge is 0.437 e. The van der Waals surface area contributed by atoms with Crippen molar-refractivity contribution >= 4 is 42.7 Å². The summed E-state index contributed by atoms with van der Waals surface area (Å²) in [6, 6.07) is 7.25. The molecule has 1 aliphatic rings. The molecule has 0 saturated heterocycles. The fourth-order valence-electron chi connectivity index (χ4n) is 4.01. The summed E-state index contributed by atoms with van der Waals surface area (Å²) in [5.74, 6) is -0.516. The Balaban J connectivity index is 1.66. The van der Waals surface area contributed by atoms with Gasteiger partial charge in [0.25, 0.3) is 5.91 Å². The lowest BCUT2D eigenvalue weighted by Crippen LogP contribution is -2.19. The number of furan rings is 1. The van der Waals surface area contributed by atoms with Crippen molar-refractivity contribution in [2.75, 3.05) is 29.5 Å². The highest BCUT2D eigenvalue weighted by molar-refractivity contribution is 7.92. The first-order chi connectivity index (χ1) is 17.0. The van der Waals surface area contributed by atoms with Gasteiger partial charge in [0, 0.05) is 24.6 Å². The highest BCUT2D eigenvalue weighted by Gasteiger charge is 2.31. The molecule has 0 bridgehead atoms. The lowest BCUT2D eigenvalue weighted by Gasteiger charge is -2.11. The number of fused-ring (bicyclic) bond motifs is 1. The molecular formula is C24H28FN3O6S2. The molecule has 2 aromatic heterocycles. The molecule has 9 nitrogen and oxygen atoms in total. The van der Waals surface area contributed by atoms with E-state index in [1.165, 1.54) is 31.3 Å². The van der Waals surface area contributed by atoms with Gasteiger partial charge < -0.3 is 9.73 Å². The summed E-state index contributed by atoms with van der Waals surface area (Å²) in [6.45, 7) is 0. The lowest BCUT2D eigenvalue weighted by atomic mass is 10.0. The summed E-state index contributed by atoms with van der Waals surface area (Å²) in [6.07, 6.45) is 4.05. The quantitative estimate of drug-likeness (QED) is 0.355. The predicted molar refractivity (Wildman–Crippen MR) is 136 cm³/mol. The van der Waals surface area contributed by atoms with E-state index >= 15 is 0 Å². The number of aromatic nitrogens is 1. The van der Waals surface area contributed by atoms with Gasteiger partial charge in [0.2, 0.25) is 15.7 Å². The Morgan fingerprint density at radius 2 is 1.75 bits per heavy atom. The first kappa shape index (κ1) is 26.1. The fourth-order valence-corrected chi connectivity index (χ4v) is 5.89. The molecule has 194 valence electrons. The second-order valence-electron chi connectivity index (χ2n) is 9.06. The van der Waals surface area contributed by atoms with Crippen LogP contribution in [-0.2, 0) is 19.9 Å². The standard InChI is InChI=1S/C24H28FN3O6S2/c1-26-23(29)20-19-14-18(15-6-7-15)22(28-36(32,33)13-5-3-4-12-35(2,30)31)27-24(19)34-21(20)16-8-10-17(25)11-9-16/h8-11,14-15H,3-7,12-13H2,1-2H3,(H,26,29)(H,27,28). The van der Waals surface area contributed by atoms with E-state index in [1.54, 1.807) is 6.07 Å². The van der Waals surface area contributed by atoms with E-state index in [9.17, 15) is 26.0 Å². The number of nitrogens with zero attached hydrogens (tertiary/aromatic N) is 1. The number of unbranched alkanes of at least 4 members (excludes halogenated alkanes) is 2. The summed E-state index contributed by atoms with van der Waals surface area (Å²) >= 11 is 0. The smallest absolute Gasteiger partial charge is 0.255 e. The van der Waals surface area contributed by atoms with E-state index in [4.69, 9.17) is 4.42 Å². The Bertz CT molecular complexity index is 1490. The number of hydrogen-bond acceptors (Lipinski definition) is 7. The van der Waals surface area contributed by atoms with E-state index in [0.29, 0.717) is 35.8 Å². The van der Waals surface area contributed by atoms with Crippen molar-refractivity contribution in [3.63, 3.8) is 0 Å². The predicted octanol–water partition coefficient (Wildman–Crippen LogP) is 3.83. The van der Waals surface area contributed by atoms with Gasteiger partial charge in [0.05, 0.1) is 16.7 Å². The zero-order valence-corrected chi connectivity index (χ0v) is 21.6. The molecule has 0 radical (unpaired) electrons. The number of sulfone groups is 1. The fraction of sp³-hybridized carbons (Fsp3) is 0.417. The Hall–Kier alpha value is -2.99. The number of pyridine rings is 1. The lowest BCUT2D eigenvalue weighted by molar-refractivity contribution is 0.0964. The van der Waals surface area contributed by atoms with Crippen molar-refractivity contribution in [3.05, 3.63) is 47.3 Å². The Morgan fingerprint density at radius 3 is 2.36 bits per heavy atom. The number of nitrogens with one attached hydrogen (secondary N) is 2. The minimum Gasteiger partial charge on any atom is -0.437 e. The monoisotopic (exact) mass is 537 g/mol. The van der Waals surface area contributed by atoms with Gasteiger partial charge in [-0.3, -0.25) is 9.52 Å². The average molecular weight is 538 g/mol. The van der Waals surface area contributed by atoms with Crippen molar-refractivity contribution in [1.29, 1.82) is 0 Å². The number of rotatable bonds is 11. The molecule has 0 aliphatic heterocycles. The average Bonchev–Trinajstić information content (AvgIpc) is 3.58. The number of amides is 1. The van der Waals surface area contributed by atoms with E-state index in [-0.39, 0.29) is 40.3 Å². The third kappa shape index (κ3) is 6.22. The molecule has 1 saturated carbocycles. The first-order valence-corrected chi connectivity index (χ1v) is 15.3. The van der Waals surface area contributed by atoms with Gasteiger partial charge in [-0.15, -0.1) is 0 Å². The Labute approximate surface area is 209 Å². The van der Waals surface area contributed by atoms with Crippen molar-refractivity contribution in [3.8, 4) is 11.3 Å². The maximum absolute atomic E-state index is 13.5. The molecule has 1 aromatic carbocycles. The minimum atomic E-state index is -3.75. The van der Waals surface area contributed by atoms with Gasteiger partial charge in [0.15, 0.2) is 0 Å². The summed E-state index contributed by atoms with van der Waals surface area (Å²) < 4.78 is 70.0. The Kier molecular flexibility index (Phi) is 7.37. The number of carbonyl (C=O) groups excluding carboxylic acids is 1. The third-order valence-electron chi connectivity index (χ3n) is 5.97. The molecular weight excluding hydrogens is 509 g/mol. The molecule has 1 amide bonds. The topological polar surface area (TPSA) is 135 Å². The van der Waals surface area contributed by atoms with Gasteiger partial charge in [-0.05, 0) is 67.5 Å². The zero-order valence-electron chi connectivity index (χ0n) is 20.0. The number of benzene rings is 1. The van der Waals surface area contributed by atoms with Crippen LogP contribution >= 0.6 is 0 Å². The van der Waals surface area contributed by atoms with Crippen molar-refractivity contribution in [2.45, 2.75) is 38.0 Å². The van der Waals surface area contributed by atoms with Crippen LogP contribution in [0.1, 0.15) is 53.9 Å². The van der Waals surface area contributed by atoms with Gasteiger partial charge in [-0.1, -0.05) is 6.42 Å². The number of carbonyl (C=O) groups is 1. The van der Waals surface area contributed by atoms with Gasteiger partial charge in [-0.2, -0.15) is 4.98 Å². The van der Waals surface area contributed by atoms with Crippen LogP contribution in [0.5, 0.6) is 0 Å². The molecule has 2 heterocycles. The summed E-state index contributed by atoms with van der Waals surface area (Å²) in [5, 5.41) is 3.03. The van der Waals surface area contributed by atoms with Crippen LogP contribution in [0.3, 0.4) is 0 Å². The molecule has 0 spiro atoms. The zero-order chi connectivity index (χ0) is 26.1. The van der Waals surface area contributed by atoms with E-state index in [1.807, 2.05) is 0 Å². The molecule has 4 rings (SSSR count). The molecule has 2 N–H and O–H groups in total. The van der Waals surface area contributed by atoms with Crippen LogP contribution in [0.4, 0.5) is 10.2 Å². The van der Waals surface area contributed by atoms with Crippen LogP contribution in [0.25, 0.3) is 22.4 Å². The molecule has 1 fully saturated rings. The second kappa shape index (κ2) is 10.2. The Morgan fingerprint density at radius 1 is 1.08 bits per heavy atom. The third-order valence-corrected chi connectivity index (χ3v) is 8.33.